The van der Waals surface area contributed by atoms with E-state index < -0.39 is 0 Å². The minimum Gasteiger partial charge on any atom is -0.697 e. The summed E-state index contributed by atoms with van der Waals surface area (Å²) in [7, 11) is 0. The van der Waals surface area contributed by atoms with Gasteiger partial charge in [0.15, 0.2) is 5.84 Å². The van der Waals surface area contributed by atoms with Crippen LogP contribution in [0, 0.1) is 4.91 Å². The molecule has 0 aliphatic carbocycles. The molecular weight excluding hydrogens is 166 g/mol. The molecule has 0 bridgehead atoms. The average molecular weight is 172 g/mol. The maximum Gasteiger partial charge on any atom is 0.259 e. The summed E-state index contributed by atoms with van der Waals surface area (Å²) in [5.74, 6) is 0.0258. The van der Waals surface area contributed by atoms with Crippen molar-refractivity contribution < 1.29 is 10.2 Å². The lowest BCUT2D eigenvalue weighted by Gasteiger charge is -2.03. The molecule has 1 heterocycles. The van der Waals surface area contributed by atoms with Crippen molar-refractivity contribution in [3.8, 4) is 0 Å². The first-order valence-electron chi connectivity index (χ1n) is 3.12. The second kappa shape index (κ2) is 4.36. The largest absolute Gasteiger partial charge is 0.697 e. The van der Waals surface area contributed by atoms with E-state index in [1.165, 1.54) is 0 Å². The lowest BCUT2D eigenvalue weighted by molar-refractivity contribution is -0.711. The number of rotatable bonds is 3. The molecule has 1 rings (SSSR count). The maximum atomic E-state index is 10.1. The van der Waals surface area contributed by atoms with Gasteiger partial charge >= 0.3 is 0 Å². The van der Waals surface area contributed by atoms with Crippen molar-refractivity contribution >= 4 is 11.7 Å². The van der Waals surface area contributed by atoms with E-state index in [0.29, 0.717) is 13.1 Å². The predicted molar refractivity (Wildman–Crippen MR) is 37.8 cm³/mol. The fourth-order valence-corrected chi connectivity index (χ4v) is 0.726. The Morgan fingerprint density at radius 2 is 2.67 bits per heavy atom. The van der Waals surface area contributed by atoms with Crippen LogP contribution in [0.25, 0.3) is 0 Å². The number of amidine groups is 2. The lowest BCUT2D eigenvalue weighted by atomic mass is 10.5. The Balaban J connectivity index is 2.60. The molecular formula is C4H6N5O3-. The number of nitrogens with zero attached hydrogens (tertiary/aromatic N) is 3. The van der Waals surface area contributed by atoms with Gasteiger partial charge in [-0.2, -0.15) is 5.59 Å². The van der Waals surface area contributed by atoms with Crippen LogP contribution in [0.1, 0.15) is 0 Å². The van der Waals surface area contributed by atoms with Gasteiger partial charge < -0.3 is 15.6 Å². The van der Waals surface area contributed by atoms with Crippen molar-refractivity contribution in [2.45, 2.75) is 0 Å². The maximum absolute atomic E-state index is 10.1. The Morgan fingerprint density at radius 1 is 1.83 bits per heavy atom. The fourth-order valence-electron chi connectivity index (χ4n) is 0.726. The summed E-state index contributed by atoms with van der Waals surface area (Å²) >= 11 is 0. The molecule has 2 N–H and O–H groups in total. The summed E-state index contributed by atoms with van der Waals surface area (Å²) in [5.41, 5.74) is 1.59. The van der Waals surface area contributed by atoms with Crippen LogP contribution in [0.2, 0.25) is 0 Å². The van der Waals surface area contributed by atoms with Crippen molar-refractivity contribution in [3.63, 3.8) is 0 Å². The van der Waals surface area contributed by atoms with Gasteiger partial charge in [-0.3, -0.25) is 4.99 Å². The van der Waals surface area contributed by atoms with Gasteiger partial charge in [0.05, 0.1) is 6.54 Å². The zero-order valence-electron chi connectivity index (χ0n) is 5.98. The zero-order chi connectivity index (χ0) is 8.81. The quantitative estimate of drug-likeness (QED) is 0.166. The second-order valence-electron chi connectivity index (χ2n) is 1.86. The van der Waals surface area contributed by atoms with Crippen LogP contribution in [-0.4, -0.2) is 24.8 Å². The van der Waals surface area contributed by atoms with Gasteiger partial charge in [-0.05, 0) is 5.18 Å². The summed E-state index contributed by atoms with van der Waals surface area (Å²) in [5, 5.41) is 17.9. The third-order valence-corrected chi connectivity index (χ3v) is 1.16. The molecule has 0 aromatic heterocycles. The summed E-state index contributed by atoms with van der Waals surface area (Å²) in [6, 6.07) is 0. The first kappa shape index (κ1) is 8.56. The Kier molecular flexibility index (Phi) is 3.11. The van der Waals surface area contributed by atoms with E-state index in [0.717, 1.165) is 0 Å². The monoisotopic (exact) mass is 172 g/mol. The van der Waals surface area contributed by atoms with Crippen molar-refractivity contribution in [1.82, 2.24) is 10.9 Å². The zero-order valence-corrected chi connectivity index (χ0v) is 5.98. The van der Waals surface area contributed by atoms with Crippen LogP contribution in [0.4, 0.5) is 0 Å². The Morgan fingerprint density at radius 3 is 3.17 bits per heavy atom. The summed E-state index contributed by atoms with van der Waals surface area (Å²) in [6.45, 7) is 1.18. The smallest absolute Gasteiger partial charge is 0.259 e. The predicted octanol–water partition coefficient (Wildman–Crippen LogP) is -2.14. The molecule has 0 radical (unpaired) electrons. The van der Waals surface area contributed by atoms with Crippen molar-refractivity contribution in [3.05, 3.63) is 4.91 Å². The van der Waals surface area contributed by atoms with Gasteiger partial charge in [0.25, 0.3) is 5.84 Å². The minimum atomic E-state index is -0.233. The number of hydrogen-bond donors (Lipinski definition) is 2. The van der Waals surface area contributed by atoms with Gasteiger partial charge in [-0.25, -0.2) is 0 Å². The van der Waals surface area contributed by atoms with E-state index >= 15 is 0 Å². The highest BCUT2D eigenvalue weighted by molar-refractivity contribution is 6.41. The van der Waals surface area contributed by atoms with E-state index in [1.807, 2.05) is 0 Å². The highest BCUT2D eigenvalue weighted by Gasteiger charge is 2.12. The fraction of sp³-hybridized carbons (Fsp3) is 0.500. The topological polar surface area (TPSA) is 110 Å². The standard InChI is InChI=1S/C4H7N5O3/c10-8-4(7-9-12-11)3-5-1-2-6-3/h9,11H,1-2H2,(H,5,6)/p-1. The van der Waals surface area contributed by atoms with Crippen LogP contribution in [-0.2, 0) is 4.99 Å². The molecule has 0 aromatic rings. The van der Waals surface area contributed by atoms with E-state index in [9.17, 15) is 10.2 Å². The number of nitroso groups, excluding NO2 is 1. The molecule has 0 saturated carbocycles. The van der Waals surface area contributed by atoms with Gasteiger partial charge in [-0.1, -0.05) is 0 Å². The molecule has 0 aromatic carbocycles. The molecule has 8 heteroatoms. The van der Waals surface area contributed by atoms with Crippen LogP contribution in [0.15, 0.2) is 15.3 Å². The Labute approximate surface area is 67.2 Å². The third kappa shape index (κ3) is 1.97. The average Bonchev–Trinajstić information content (AvgIpc) is 2.59. The molecule has 12 heavy (non-hydrogen) atoms. The second-order valence-corrected chi connectivity index (χ2v) is 1.86. The Hall–Kier alpha value is -1.54. The first-order chi connectivity index (χ1) is 5.88. The highest BCUT2D eigenvalue weighted by Crippen LogP contribution is 1.89. The van der Waals surface area contributed by atoms with Crippen LogP contribution in [0.3, 0.4) is 0 Å². The SMILES string of the molecule is O=NC(=NNO[O-])C1=NCCN1. The molecule has 8 nitrogen and oxygen atoms in total. The highest BCUT2D eigenvalue weighted by atomic mass is 17.2. The number of hydrazone groups is 1. The van der Waals surface area contributed by atoms with Gasteiger partial charge in [0.1, 0.15) is 0 Å². The molecule has 1 aliphatic heterocycles. The molecule has 0 fully saturated rings. The summed E-state index contributed by atoms with van der Waals surface area (Å²) < 4.78 is 0. The number of nitrogens with one attached hydrogen (secondary N) is 2. The van der Waals surface area contributed by atoms with E-state index in [2.05, 4.69) is 25.6 Å². The number of aliphatic imine (C=N–C) groups is 1. The van der Waals surface area contributed by atoms with Gasteiger partial charge in [-0.15, -0.1) is 10.0 Å². The molecule has 0 spiro atoms. The van der Waals surface area contributed by atoms with Crippen LogP contribution in [0.5, 0.6) is 0 Å². The van der Waals surface area contributed by atoms with Gasteiger partial charge in [0, 0.05) is 6.54 Å². The molecule has 66 valence electrons. The van der Waals surface area contributed by atoms with Crippen molar-refractivity contribution in [2.24, 2.45) is 15.3 Å². The lowest BCUT2D eigenvalue weighted by Crippen LogP contribution is -2.28. The van der Waals surface area contributed by atoms with E-state index in [1.54, 1.807) is 5.59 Å². The Bertz CT molecular complexity index is 225. The third-order valence-electron chi connectivity index (χ3n) is 1.16. The van der Waals surface area contributed by atoms with Crippen molar-refractivity contribution in [2.75, 3.05) is 13.1 Å². The molecule has 0 saturated heterocycles. The summed E-state index contributed by atoms with van der Waals surface area (Å²) in [6.07, 6.45) is 0. The van der Waals surface area contributed by atoms with Crippen molar-refractivity contribution in [1.29, 1.82) is 0 Å². The number of hydrogen-bond acceptors (Lipinski definition) is 7. The first-order valence-corrected chi connectivity index (χ1v) is 3.12. The molecule has 0 amide bonds. The molecule has 1 aliphatic rings. The van der Waals surface area contributed by atoms with E-state index in [-0.39, 0.29) is 11.7 Å². The molecule has 0 unspecified atom stereocenters. The molecule has 0 atom stereocenters. The van der Waals surface area contributed by atoms with Crippen LogP contribution < -0.4 is 16.2 Å². The van der Waals surface area contributed by atoms with Gasteiger partial charge in [0.2, 0.25) is 0 Å². The van der Waals surface area contributed by atoms with Crippen LogP contribution >= 0.6 is 0 Å². The van der Waals surface area contributed by atoms with E-state index in [4.69, 9.17) is 0 Å². The minimum absolute atomic E-state index is 0.233. The normalized spacial score (nSPS) is 16.8. The summed E-state index contributed by atoms with van der Waals surface area (Å²) in [4.78, 5) is 17.1.